The van der Waals surface area contributed by atoms with Crippen molar-refractivity contribution in [2.75, 3.05) is 7.11 Å². The van der Waals surface area contributed by atoms with E-state index in [1.165, 1.54) is 17.8 Å². The molecule has 2 aromatic rings. The first-order valence-electron chi connectivity index (χ1n) is 6.91. The molecule has 0 bridgehead atoms. The van der Waals surface area contributed by atoms with Crippen LogP contribution in [0, 0.1) is 0 Å². The van der Waals surface area contributed by atoms with Crippen LogP contribution in [0.5, 0.6) is 0 Å². The van der Waals surface area contributed by atoms with Crippen LogP contribution < -0.4 is 0 Å². The van der Waals surface area contributed by atoms with E-state index in [9.17, 15) is 9.59 Å². The molecule has 0 spiro atoms. The van der Waals surface area contributed by atoms with Gasteiger partial charge in [0.15, 0.2) is 0 Å². The molecule has 0 aliphatic carbocycles. The van der Waals surface area contributed by atoms with Crippen LogP contribution in [0.15, 0.2) is 36.5 Å². The Labute approximate surface area is 129 Å². The molecule has 116 valence electrons. The standard InChI is InChI=1S/C17H19NO4/c1-17(2,3)22-16(20)18-10-9-13-11-12(5-7-14(13)18)6-8-15(19)21-4/h5-11H,1-4H3. The number of carbonyl (C=O) groups excluding carboxylic acids is 2. The van der Waals surface area contributed by atoms with Gasteiger partial charge in [-0.05, 0) is 50.6 Å². The Morgan fingerprint density at radius 1 is 1.18 bits per heavy atom. The molecule has 0 aliphatic rings. The lowest BCUT2D eigenvalue weighted by Crippen LogP contribution is -2.26. The van der Waals surface area contributed by atoms with Gasteiger partial charge in [-0.15, -0.1) is 0 Å². The van der Waals surface area contributed by atoms with Crippen LogP contribution in [0.25, 0.3) is 17.0 Å². The summed E-state index contributed by atoms with van der Waals surface area (Å²) in [5, 5.41) is 0.887. The molecule has 0 amide bonds. The van der Waals surface area contributed by atoms with Gasteiger partial charge in [0.1, 0.15) is 5.60 Å². The summed E-state index contributed by atoms with van der Waals surface area (Å²) < 4.78 is 11.4. The second kappa shape index (κ2) is 6.05. The van der Waals surface area contributed by atoms with Gasteiger partial charge in [0.25, 0.3) is 0 Å². The molecular weight excluding hydrogens is 282 g/mol. The monoisotopic (exact) mass is 301 g/mol. The van der Waals surface area contributed by atoms with Crippen molar-refractivity contribution < 1.29 is 19.1 Å². The van der Waals surface area contributed by atoms with Gasteiger partial charge in [-0.2, -0.15) is 0 Å². The second-order valence-corrected chi connectivity index (χ2v) is 5.84. The highest BCUT2D eigenvalue weighted by atomic mass is 16.6. The SMILES string of the molecule is COC(=O)C=Cc1ccc2c(ccn2C(=O)OC(C)(C)C)c1. The Morgan fingerprint density at radius 3 is 2.55 bits per heavy atom. The van der Waals surface area contributed by atoms with Crippen molar-refractivity contribution in [2.45, 2.75) is 26.4 Å². The van der Waals surface area contributed by atoms with Crippen LogP contribution in [-0.4, -0.2) is 29.3 Å². The van der Waals surface area contributed by atoms with E-state index in [0.29, 0.717) is 0 Å². The number of aromatic nitrogens is 1. The number of methoxy groups -OCH3 is 1. The molecule has 1 aromatic carbocycles. The zero-order valence-corrected chi connectivity index (χ0v) is 13.1. The predicted molar refractivity (Wildman–Crippen MR) is 84.6 cm³/mol. The third kappa shape index (κ3) is 3.75. The lowest BCUT2D eigenvalue weighted by molar-refractivity contribution is -0.134. The predicted octanol–water partition coefficient (Wildman–Crippen LogP) is 3.61. The molecule has 1 aromatic heterocycles. The molecule has 5 nitrogen and oxygen atoms in total. The summed E-state index contributed by atoms with van der Waals surface area (Å²) in [6.07, 6.45) is 4.27. The van der Waals surface area contributed by atoms with Crippen molar-refractivity contribution in [1.82, 2.24) is 4.57 Å². The summed E-state index contributed by atoms with van der Waals surface area (Å²) in [5.41, 5.74) is 1.06. The number of nitrogens with zero attached hydrogens (tertiary/aromatic N) is 1. The average Bonchev–Trinajstić information content (AvgIpc) is 2.86. The van der Waals surface area contributed by atoms with Crippen LogP contribution in [-0.2, 0) is 14.3 Å². The molecule has 1 heterocycles. The zero-order valence-electron chi connectivity index (χ0n) is 13.1. The van der Waals surface area contributed by atoms with Crippen LogP contribution in [0.1, 0.15) is 26.3 Å². The minimum absolute atomic E-state index is 0.411. The van der Waals surface area contributed by atoms with E-state index in [4.69, 9.17) is 4.74 Å². The van der Waals surface area contributed by atoms with Crippen molar-refractivity contribution in [2.24, 2.45) is 0 Å². The quantitative estimate of drug-likeness (QED) is 0.628. The minimum atomic E-state index is -0.545. The second-order valence-electron chi connectivity index (χ2n) is 5.84. The maximum atomic E-state index is 12.1. The Hall–Kier alpha value is -2.56. The first-order chi connectivity index (χ1) is 10.3. The highest BCUT2D eigenvalue weighted by Crippen LogP contribution is 2.20. The van der Waals surface area contributed by atoms with Crippen LogP contribution in [0.2, 0.25) is 0 Å². The van der Waals surface area contributed by atoms with Crippen molar-refractivity contribution >= 4 is 29.0 Å². The number of carbonyl (C=O) groups is 2. The Bertz CT molecular complexity index is 735. The Balaban J connectivity index is 2.29. The third-order valence-electron chi connectivity index (χ3n) is 2.92. The van der Waals surface area contributed by atoms with E-state index in [0.717, 1.165) is 16.5 Å². The zero-order chi connectivity index (χ0) is 16.3. The molecule has 0 fully saturated rings. The molecule has 0 unspecified atom stereocenters. The molecule has 0 atom stereocenters. The maximum absolute atomic E-state index is 12.1. The van der Waals surface area contributed by atoms with E-state index in [1.807, 2.05) is 45.0 Å². The molecule has 0 N–H and O–H groups in total. The maximum Gasteiger partial charge on any atom is 0.418 e. The van der Waals surface area contributed by atoms with E-state index in [2.05, 4.69) is 4.74 Å². The lowest BCUT2D eigenvalue weighted by Gasteiger charge is -2.19. The third-order valence-corrected chi connectivity index (χ3v) is 2.92. The van der Waals surface area contributed by atoms with Crippen molar-refractivity contribution in [1.29, 1.82) is 0 Å². The largest absolute Gasteiger partial charge is 0.466 e. The molecule has 0 saturated carbocycles. The van der Waals surface area contributed by atoms with E-state index >= 15 is 0 Å². The van der Waals surface area contributed by atoms with Gasteiger partial charge in [-0.1, -0.05) is 6.07 Å². The van der Waals surface area contributed by atoms with Gasteiger partial charge in [0.2, 0.25) is 0 Å². The first kappa shape index (κ1) is 15.8. The number of esters is 1. The summed E-state index contributed by atoms with van der Waals surface area (Å²) in [6.45, 7) is 5.48. The van der Waals surface area contributed by atoms with Crippen LogP contribution in [0.3, 0.4) is 0 Å². The molecule has 5 heteroatoms. The van der Waals surface area contributed by atoms with Crippen molar-refractivity contribution in [3.63, 3.8) is 0 Å². The van der Waals surface area contributed by atoms with E-state index in [-0.39, 0.29) is 0 Å². The highest BCUT2D eigenvalue weighted by Gasteiger charge is 2.18. The number of hydrogen-bond donors (Lipinski definition) is 0. The van der Waals surface area contributed by atoms with Crippen LogP contribution >= 0.6 is 0 Å². The summed E-state index contributed by atoms with van der Waals surface area (Å²) in [7, 11) is 1.33. The Kier molecular flexibility index (Phi) is 4.35. The number of fused-ring (bicyclic) bond motifs is 1. The van der Waals surface area contributed by atoms with Gasteiger partial charge in [-0.25, -0.2) is 9.59 Å². The molecule has 2 rings (SSSR count). The van der Waals surface area contributed by atoms with Gasteiger partial charge in [-0.3, -0.25) is 4.57 Å². The minimum Gasteiger partial charge on any atom is -0.466 e. The highest BCUT2D eigenvalue weighted by molar-refractivity contribution is 5.92. The van der Waals surface area contributed by atoms with Crippen molar-refractivity contribution in [3.8, 4) is 0 Å². The first-order valence-corrected chi connectivity index (χ1v) is 6.91. The summed E-state index contributed by atoms with van der Waals surface area (Å²) in [6, 6.07) is 7.35. The topological polar surface area (TPSA) is 57.5 Å². The molecular formula is C17H19NO4. The number of ether oxygens (including phenoxy) is 2. The Morgan fingerprint density at radius 2 is 1.91 bits per heavy atom. The van der Waals surface area contributed by atoms with E-state index < -0.39 is 17.7 Å². The summed E-state index contributed by atoms with van der Waals surface area (Å²) in [5.74, 6) is -0.411. The van der Waals surface area contributed by atoms with Crippen molar-refractivity contribution in [3.05, 3.63) is 42.1 Å². The van der Waals surface area contributed by atoms with Gasteiger partial charge in [0.05, 0.1) is 12.6 Å². The molecule has 22 heavy (non-hydrogen) atoms. The fourth-order valence-corrected chi connectivity index (χ4v) is 1.97. The number of rotatable bonds is 2. The summed E-state index contributed by atoms with van der Waals surface area (Å²) >= 11 is 0. The fraction of sp³-hybridized carbons (Fsp3) is 0.294. The lowest BCUT2D eigenvalue weighted by atomic mass is 10.1. The summed E-state index contributed by atoms with van der Waals surface area (Å²) in [4.78, 5) is 23.2. The normalized spacial score (nSPS) is 11.8. The average molecular weight is 301 g/mol. The molecule has 0 saturated heterocycles. The molecule has 0 aliphatic heterocycles. The van der Waals surface area contributed by atoms with Gasteiger partial charge < -0.3 is 9.47 Å². The molecule has 0 radical (unpaired) electrons. The fourth-order valence-electron chi connectivity index (χ4n) is 1.97. The van der Waals surface area contributed by atoms with E-state index in [1.54, 1.807) is 12.3 Å². The van der Waals surface area contributed by atoms with Gasteiger partial charge in [0, 0.05) is 17.7 Å². The smallest absolute Gasteiger partial charge is 0.418 e. The van der Waals surface area contributed by atoms with Gasteiger partial charge >= 0.3 is 12.1 Å². The number of benzene rings is 1. The number of hydrogen-bond acceptors (Lipinski definition) is 4. The van der Waals surface area contributed by atoms with Crippen LogP contribution in [0.4, 0.5) is 4.79 Å².